The van der Waals surface area contributed by atoms with E-state index in [2.05, 4.69) is 25.8 Å². The molecular weight excluding hydrogens is 294 g/mol. The SMILES string of the molecule is Cc1c(N)cnc(N2CCOC3CCCC32)c1Br. The van der Waals surface area contributed by atoms with Crippen LogP contribution in [0, 0.1) is 6.92 Å². The van der Waals surface area contributed by atoms with E-state index in [4.69, 9.17) is 10.5 Å². The van der Waals surface area contributed by atoms with Crippen LogP contribution in [0.2, 0.25) is 0 Å². The third-order valence-corrected chi connectivity index (χ3v) is 4.99. The summed E-state index contributed by atoms with van der Waals surface area (Å²) in [5, 5.41) is 0. The van der Waals surface area contributed by atoms with E-state index in [9.17, 15) is 0 Å². The lowest BCUT2D eigenvalue weighted by Crippen LogP contribution is -2.49. The molecule has 18 heavy (non-hydrogen) atoms. The molecule has 1 aliphatic heterocycles. The number of rotatable bonds is 1. The summed E-state index contributed by atoms with van der Waals surface area (Å²) >= 11 is 3.64. The van der Waals surface area contributed by atoms with Crippen LogP contribution in [0.4, 0.5) is 11.5 Å². The van der Waals surface area contributed by atoms with E-state index in [0.717, 1.165) is 34.7 Å². The van der Waals surface area contributed by atoms with Crippen LogP contribution in [0.15, 0.2) is 10.7 Å². The summed E-state index contributed by atoms with van der Waals surface area (Å²) in [6, 6.07) is 0.477. The Morgan fingerprint density at radius 3 is 3.17 bits per heavy atom. The molecule has 2 atom stereocenters. The Balaban J connectivity index is 1.96. The van der Waals surface area contributed by atoms with E-state index in [1.54, 1.807) is 6.20 Å². The minimum absolute atomic E-state index is 0.380. The monoisotopic (exact) mass is 311 g/mol. The summed E-state index contributed by atoms with van der Waals surface area (Å²) in [6.07, 6.45) is 5.76. The van der Waals surface area contributed by atoms with Gasteiger partial charge in [0, 0.05) is 6.54 Å². The van der Waals surface area contributed by atoms with Crippen molar-refractivity contribution in [2.24, 2.45) is 0 Å². The number of nitrogen functional groups attached to an aromatic ring is 1. The van der Waals surface area contributed by atoms with Gasteiger partial charge in [0.2, 0.25) is 0 Å². The van der Waals surface area contributed by atoms with Gasteiger partial charge in [-0.3, -0.25) is 0 Å². The van der Waals surface area contributed by atoms with E-state index in [1.165, 1.54) is 19.3 Å². The second-order valence-electron chi connectivity index (χ2n) is 5.08. The van der Waals surface area contributed by atoms with Crippen molar-refractivity contribution in [3.8, 4) is 0 Å². The molecule has 2 unspecified atom stereocenters. The number of morpholine rings is 1. The molecule has 1 aromatic rings. The fourth-order valence-electron chi connectivity index (χ4n) is 2.97. The van der Waals surface area contributed by atoms with Crippen molar-refractivity contribution in [3.05, 3.63) is 16.2 Å². The fraction of sp³-hybridized carbons (Fsp3) is 0.615. The summed E-state index contributed by atoms with van der Waals surface area (Å²) in [4.78, 5) is 6.91. The second kappa shape index (κ2) is 4.70. The second-order valence-corrected chi connectivity index (χ2v) is 5.87. The molecule has 2 N–H and O–H groups in total. The molecule has 2 heterocycles. The van der Waals surface area contributed by atoms with Crippen LogP contribution < -0.4 is 10.6 Å². The largest absolute Gasteiger partial charge is 0.397 e. The number of hydrogen-bond acceptors (Lipinski definition) is 4. The number of hydrogen-bond donors (Lipinski definition) is 1. The minimum atomic E-state index is 0.380. The first kappa shape index (κ1) is 12.2. The fourth-order valence-corrected chi connectivity index (χ4v) is 3.53. The predicted octanol–water partition coefficient (Wildman–Crippen LogP) is 2.49. The smallest absolute Gasteiger partial charge is 0.143 e. The first-order valence-corrected chi connectivity index (χ1v) is 7.26. The maximum absolute atomic E-state index is 5.89. The summed E-state index contributed by atoms with van der Waals surface area (Å²) in [5.41, 5.74) is 7.70. The Morgan fingerprint density at radius 1 is 1.50 bits per heavy atom. The molecule has 1 saturated carbocycles. The van der Waals surface area contributed by atoms with Crippen LogP contribution in [0.1, 0.15) is 24.8 Å². The zero-order valence-corrected chi connectivity index (χ0v) is 12.1. The normalized spacial score (nSPS) is 27.3. The molecule has 3 rings (SSSR count). The summed E-state index contributed by atoms with van der Waals surface area (Å²) in [6.45, 7) is 3.73. The molecule has 1 aliphatic carbocycles. The lowest BCUT2D eigenvalue weighted by Gasteiger charge is -2.39. The zero-order chi connectivity index (χ0) is 12.7. The Morgan fingerprint density at radius 2 is 2.33 bits per heavy atom. The number of nitrogens with zero attached hydrogens (tertiary/aromatic N) is 2. The van der Waals surface area contributed by atoms with Crippen molar-refractivity contribution < 1.29 is 4.74 Å². The Labute approximate surface area is 116 Å². The Kier molecular flexibility index (Phi) is 3.20. The molecule has 0 aromatic carbocycles. The molecule has 0 amide bonds. The Bertz CT molecular complexity index is 466. The molecular formula is C13H18BrN3O. The van der Waals surface area contributed by atoms with Gasteiger partial charge < -0.3 is 15.4 Å². The quantitative estimate of drug-likeness (QED) is 0.865. The third kappa shape index (κ3) is 1.89. The van der Waals surface area contributed by atoms with Gasteiger partial charge in [-0.15, -0.1) is 0 Å². The molecule has 98 valence electrons. The van der Waals surface area contributed by atoms with Crippen molar-refractivity contribution in [2.45, 2.75) is 38.3 Å². The Hall–Kier alpha value is -0.810. The molecule has 0 radical (unpaired) electrons. The van der Waals surface area contributed by atoms with Crippen molar-refractivity contribution in [1.82, 2.24) is 4.98 Å². The van der Waals surface area contributed by atoms with Crippen molar-refractivity contribution in [3.63, 3.8) is 0 Å². The van der Waals surface area contributed by atoms with E-state index in [-0.39, 0.29) is 0 Å². The number of aromatic nitrogens is 1. The van der Waals surface area contributed by atoms with Gasteiger partial charge in [0.25, 0.3) is 0 Å². The van der Waals surface area contributed by atoms with Gasteiger partial charge in [0.15, 0.2) is 0 Å². The molecule has 2 aliphatic rings. The van der Waals surface area contributed by atoms with Crippen LogP contribution in [0.5, 0.6) is 0 Å². The lowest BCUT2D eigenvalue weighted by atomic mass is 10.1. The summed E-state index contributed by atoms with van der Waals surface area (Å²) in [7, 11) is 0. The standard InChI is InChI=1S/C13H18BrN3O/c1-8-9(15)7-16-13(12(8)14)17-5-6-18-11-4-2-3-10(11)17/h7,10-11H,2-6,15H2,1H3. The highest BCUT2D eigenvalue weighted by atomic mass is 79.9. The maximum Gasteiger partial charge on any atom is 0.143 e. The van der Waals surface area contributed by atoms with Crippen LogP contribution in [-0.4, -0.2) is 30.3 Å². The van der Waals surface area contributed by atoms with E-state index in [0.29, 0.717) is 12.1 Å². The van der Waals surface area contributed by atoms with E-state index >= 15 is 0 Å². The molecule has 1 saturated heterocycles. The van der Waals surface area contributed by atoms with E-state index in [1.807, 2.05) is 6.92 Å². The third-order valence-electron chi connectivity index (χ3n) is 4.04. The number of nitrogens with two attached hydrogens (primary N) is 1. The minimum Gasteiger partial charge on any atom is -0.397 e. The highest BCUT2D eigenvalue weighted by molar-refractivity contribution is 9.10. The van der Waals surface area contributed by atoms with Gasteiger partial charge in [0.1, 0.15) is 5.82 Å². The average molecular weight is 312 g/mol. The number of ether oxygens (including phenoxy) is 1. The molecule has 0 spiro atoms. The number of anilines is 2. The molecule has 5 heteroatoms. The van der Waals surface area contributed by atoms with E-state index < -0.39 is 0 Å². The van der Waals surface area contributed by atoms with Gasteiger partial charge in [0.05, 0.1) is 35.1 Å². The van der Waals surface area contributed by atoms with Crippen molar-refractivity contribution in [2.75, 3.05) is 23.8 Å². The predicted molar refractivity (Wildman–Crippen MR) is 75.8 cm³/mol. The average Bonchev–Trinajstić information content (AvgIpc) is 2.84. The number of pyridine rings is 1. The highest BCUT2D eigenvalue weighted by Gasteiger charge is 2.37. The van der Waals surface area contributed by atoms with Crippen LogP contribution in [-0.2, 0) is 4.74 Å². The first-order chi connectivity index (χ1) is 8.68. The van der Waals surface area contributed by atoms with Crippen LogP contribution in [0.3, 0.4) is 0 Å². The van der Waals surface area contributed by atoms with Gasteiger partial charge in [-0.25, -0.2) is 4.98 Å². The highest BCUT2D eigenvalue weighted by Crippen LogP contribution is 2.37. The van der Waals surface area contributed by atoms with Crippen molar-refractivity contribution in [1.29, 1.82) is 0 Å². The summed E-state index contributed by atoms with van der Waals surface area (Å²) < 4.78 is 6.86. The maximum atomic E-state index is 5.89. The molecule has 2 fully saturated rings. The van der Waals surface area contributed by atoms with Crippen LogP contribution >= 0.6 is 15.9 Å². The topological polar surface area (TPSA) is 51.4 Å². The van der Waals surface area contributed by atoms with Crippen molar-refractivity contribution >= 4 is 27.4 Å². The van der Waals surface area contributed by atoms with Gasteiger partial charge in [-0.2, -0.15) is 0 Å². The van der Waals surface area contributed by atoms with Gasteiger partial charge in [-0.05, 0) is 47.7 Å². The zero-order valence-electron chi connectivity index (χ0n) is 10.5. The molecule has 0 bridgehead atoms. The number of fused-ring (bicyclic) bond motifs is 1. The molecule has 1 aromatic heterocycles. The molecule has 4 nitrogen and oxygen atoms in total. The summed E-state index contributed by atoms with van der Waals surface area (Å²) in [5.74, 6) is 1.02. The first-order valence-electron chi connectivity index (χ1n) is 6.47. The van der Waals surface area contributed by atoms with Gasteiger partial charge >= 0.3 is 0 Å². The lowest BCUT2D eigenvalue weighted by molar-refractivity contribution is 0.0252. The van der Waals surface area contributed by atoms with Gasteiger partial charge in [-0.1, -0.05) is 0 Å². The van der Waals surface area contributed by atoms with Crippen LogP contribution in [0.25, 0.3) is 0 Å². The number of halogens is 1.